The van der Waals surface area contributed by atoms with E-state index in [0.29, 0.717) is 16.6 Å². The van der Waals surface area contributed by atoms with Crippen LogP contribution in [0.3, 0.4) is 0 Å². The molecule has 0 bridgehead atoms. The molecule has 134 valence electrons. The lowest BCUT2D eigenvalue weighted by atomic mass is 10.0. The fourth-order valence-electron chi connectivity index (χ4n) is 2.90. The fraction of sp³-hybridized carbons (Fsp3) is 0.200. The molecule has 3 rings (SSSR count). The van der Waals surface area contributed by atoms with Crippen LogP contribution in [0.1, 0.15) is 23.6 Å². The third kappa shape index (κ3) is 3.39. The van der Waals surface area contributed by atoms with Crippen molar-refractivity contribution in [2.75, 3.05) is 5.32 Å². The molecule has 0 saturated heterocycles. The predicted molar refractivity (Wildman–Crippen MR) is 98.7 cm³/mol. The van der Waals surface area contributed by atoms with E-state index in [2.05, 4.69) is 5.32 Å². The minimum absolute atomic E-state index is 0.0734. The summed E-state index contributed by atoms with van der Waals surface area (Å²) in [6.07, 6.45) is 0.727. The number of amides is 1. The molecular weight excluding hydrogens is 334 g/mol. The van der Waals surface area contributed by atoms with E-state index in [4.69, 9.17) is 4.42 Å². The summed E-state index contributed by atoms with van der Waals surface area (Å²) in [5.41, 5.74) is 1.82. The fourth-order valence-corrected chi connectivity index (χ4v) is 2.90. The average molecular weight is 353 g/mol. The van der Waals surface area contributed by atoms with Gasteiger partial charge in [-0.15, -0.1) is 0 Å². The molecule has 1 heterocycles. The lowest BCUT2D eigenvalue weighted by molar-refractivity contribution is -0.115. The molecule has 6 heteroatoms. The number of hydrogen-bond acceptors (Lipinski definition) is 5. The Labute approximate surface area is 149 Å². The molecule has 0 saturated carbocycles. The first-order valence-corrected chi connectivity index (χ1v) is 8.26. The van der Waals surface area contributed by atoms with Crippen LogP contribution in [0.15, 0.2) is 45.6 Å². The summed E-state index contributed by atoms with van der Waals surface area (Å²) < 4.78 is 5.16. The number of carbonyl (C=O) groups excluding carboxylic acids is 1. The molecule has 6 nitrogen and oxygen atoms in total. The summed E-state index contributed by atoms with van der Waals surface area (Å²) in [6, 6.07) is 9.88. The summed E-state index contributed by atoms with van der Waals surface area (Å²) in [6.45, 7) is 3.68. The van der Waals surface area contributed by atoms with E-state index >= 15 is 0 Å². The van der Waals surface area contributed by atoms with Crippen molar-refractivity contribution in [3.8, 4) is 11.5 Å². The molecule has 0 fully saturated rings. The number of aryl methyl sites for hydroxylation is 2. The first-order valence-electron chi connectivity index (χ1n) is 8.26. The number of phenols is 2. The summed E-state index contributed by atoms with van der Waals surface area (Å²) in [5, 5.41) is 22.6. The zero-order chi connectivity index (χ0) is 18.8. The Hall–Kier alpha value is -3.28. The molecule has 1 amide bonds. The zero-order valence-electron chi connectivity index (χ0n) is 14.5. The van der Waals surface area contributed by atoms with E-state index in [-0.39, 0.29) is 35.0 Å². The number of phenolic OH excluding ortho intramolecular Hbond substituents is 2. The molecule has 0 atom stereocenters. The number of fused-ring (bicyclic) bond motifs is 1. The SMILES string of the molecule is CCc1ccc(NC(=O)Cc2c(C)c3c(O)cc(O)cc3oc2=O)cc1. The van der Waals surface area contributed by atoms with Crippen molar-refractivity contribution in [1.29, 1.82) is 0 Å². The van der Waals surface area contributed by atoms with Gasteiger partial charge in [0.15, 0.2) is 0 Å². The Bertz CT molecular complexity index is 1030. The normalized spacial score (nSPS) is 10.8. The lowest BCUT2D eigenvalue weighted by Gasteiger charge is -2.10. The van der Waals surface area contributed by atoms with Crippen molar-refractivity contribution in [1.82, 2.24) is 0 Å². The van der Waals surface area contributed by atoms with Gasteiger partial charge in [-0.05, 0) is 36.6 Å². The van der Waals surface area contributed by atoms with E-state index in [0.717, 1.165) is 18.1 Å². The number of carbonyl (C=O) groups is 1. The maximum atomic E-state index is 12.3. The smallest absolute Gasteiger partial charge is 0.340 e. The minimum atomic E-state index is -0.670. The highest BCUT2D eigenvalue weighted by atomic mass is 16.4. The van der Waals surface area contributed by atoms with Crippen molar-refractivity contribution in [2.24, 2.45) is 0 Å². The topological polar surface area (TPSA) is 99.8 Å². The number of benzene rings is 2. The Balaban J connectivity index is 1.90. The second-order valence-corrected chi connectivity index (χ2v) is 6.11. The highest BCUT2D eigenvalue weighted by Crippen LogP contribution is 2.32. The van der Waals surface area contributed by atoms with Gasteiger partial charge in [0.1, 0.15) is 17.1 Å². The second kappa shape index (κ2) is 6.92. The van der Waals surface area contributed by atoms with Gasteiger partial charge in [0.05, 0.1) is 17.4 Å². The van der Waals surface area contributed by atoms with Crippen LogP contribution in [0.25, 0.3) is 11.0 Å². The van der Waals surface area contributed by atoms with Gasteiger partial charge in [-0.1, -0.05) is 19.1 Å². The van der Waals surface area contributed by atoms with E-state index in [1.807, 2.05) is 19.1 Å². The standard InChI is InChI=1S/C20H19NO5/c1-3-12-4-6-13(7-5-12)21-18(24)10-15-11(2)19-16(23)8-14(22)9-17(19)26-20(15)25/h4-9,22-23H,3,10H2,1-2H3,(H,21,24). The number of anilines is 1. The van der Waals surface area contributed by atoms with Crippen LogP contribution in [0.5, 0.6) is 11.5 Å². The van der Waals surface area contributed by atoms with Crippen molar-refractivity contribution in [3.63, 3.8) is 0 Å². The molecule has 0 aliphatic heterocycles. The average Bonchev–Trinajstić information content (AvgIpc) is 2.58. The summed E-state index contributed by atoms with van der Waals surface area (Å²) in [7, 11) is 0. The molecule has 3 N–H and O–H groups in total. The van der Waals surface area contributed by atoms with Gasteiger partial charge in [0.2, 0.25) is 5.91 Å². The molecule has 0 aliphatic carbocycles. The van der Waals surface area contributed by atoms with Gasteiger partial charge >= 0.3 is 5.63 Å². The van der Waals surface area contributed by atoms with Crippen molar-refractivity contribution < 1.29 is 19.4 Å². The summed E-state index contributed by atoms with van der Waals surface area (Å²) in [5.74, 6) is -0.779. The van der Waals surface area contributed by atoms with Crippen molar-refractivity contribution in [3.05, 3.63) is 63.5 Å². The summed E-state index contributed by atoms with van der Waals surface area (Å²) >= 11 is 0. The number of aromatic hydroxyl groups is 2. The molecule has 1 aromatic heterocycles. The highest BCUT2D eigenvalue weighted by molar-refractivity contribution is 5.94. The second-order valence-electron chi connectivity index (χ2n) is 6.11. The number of hydrogen-bond donors (Lipinski definition) is 3. The first-order chi connectivity index (χ1) is 12.4. The lowest BCUT2D eigenvalue weighted by Crippen LogP contribution is -2.20. The van der Waals surface area contributed by atoms with Crippen LogP contribution in [0.4, 0.5) is 5.69 Å². The summed E-state index contributed by atoms with van der Waals surface area (Å²) in [4.78, 5) is 24.6. The maximum absolute atomic E-state index is 12.3. The molecule has 3 aromatic rings. The maximum Gasteiger partial charge on any atom is 0.340 e. The van der Waals surface area contributed by atoms with Crippen LogP contribution in [0.2, 0.25) is 0 Å². The van der Waals surface area contributed by atoms with Gasteiger partial charge < -0.3 is 19.9 Å². The van der Waals surface area contributed by atoms with Crippen molar-refractivity contribution >= 4 is 22.6 Å². The van der Waals surface area contributed by atoms with Crippen LogP contribution in [-0.4, -0.2) is 16.1 Å². The Morgan fingerprint density at radius 2 is 1.85 bits per heavy atom. The van der Waals surface area contributed by atoms with Gasteiger partial charge in [0.25, 0.3) is 0 Å². The van der Waals surface area contributed by atoms with Gasteiger partial charge in [0, 0.05) is 17.8 Å². The van der Waals surface area contributed by atoms with Crippen LogP contribution in [0, 0.1) is 6.92 Å². The molecule has 0 aliphatic rings. The first kappa shape index (κ1) is 17.5. The van der Waals surface area contributed by atoms with E-state index in [9.17, 15) is 19.8 Å². The Morgan fingerprint density at radius 3 is 2.50 bits per heavy atom. The molecule has 0 spiro atoms. The quantitative estimate of drug-likeness (QED) is 0.625. The molecule has 2 aromatic carbocycles. The van der Waals surface area contributed by atoms with Gasteiger partial charge in [-0.25, -0.2) is 4.79 Å². The van der Waals surface area contributed by atoms with E-state index in [1.54, 1.807) is 19.1 Å². The largest absolute Gasteiger partial charge is 0.508 e. The zero-order valence-corrected chi connectivity index (χ0v) is 14.5. The van der Waals surface area contributed by atoms with Crippen molar-refractivity contribution in [2.45, 2.75) is 26.7 Å². The predicted octanol–water partition coefficient (Wildman–Crippen LogP) is 3.26. The third-order valence-electron chi connectivity index (χ3n) is 4.33. The Morgan fingerprint density at radius 1 is 1.15 bits per heavy atom. The van der Waals surface area contributed by atoms with Crippen LogP contribution < -0.4 is 10.9 Å². The molecule has 26 heavy (non-hydrogen) atoms. The van der Waals surface area contributed by atoms with Gasteiger partial charge in [-0.3, -0.25) is 4.79 Å². The molecule has 0 unspecified atom stereocenters. The third-order valence-corrected chi connectivity index (χ3v) is 4.33. The highest BCUT2D eigenvalue weighted by Gasteiger charge is 2.18. The molecule has 0 radical (unpaired) electrons. The monoisotopic (exact) mass is 353 g/mol. The van der Waals surface area contributed by atoms with Gasteiger partial charge in [-0.2, -0.15) is 0 Å². The molecular formula is C20H19NO5. The van der Waals surface area contributed by atoms with Crippen LogP contribution >= 0.6 is 0 Å². The van der Waals surface area contributed by atoms with Crippen LogP contribution in [-0.2, 0) is 17.6 Å². The van der Waals surface area contributed by atoms with E-state index in [1.165, 1.54) is 6.07 Å². The van der Waals surface area contributed by atoms with E-state index < -0.39 is 5.63 Å². The number of nitrogens with one attached hydrogen (secondary N) is 1. The Kier molecular flexibility index (Phi) is 4.67. The number of rotatable bonds is 4. The minimum Gasteiger partial charge on any atom is -0.508 e.